The number of nitrogens with two attached hydrogens (primary N) is 1. The largest absolute Gasteiger partial charge is 0.484 e. The first-order valence-corrected chi connectivity index (χ1v) is 16.8. The zero-order chi connectivity index (χ0) is 33.8. The third-order valence-electron chi connectivity index (χ3n) is 9.18. The molecule has 2 amide bonds. The van der Waals surface area contributed by atoms with E-state index in [0.29, 0.717) is 36.1 Å². The molecule has 1 fully saturated rings. The molecule has 5 N–H and O–H groups in total. The van der Waals surface area contributed by atoms with Crippen molar-refractivity contribution in [3.05, 3.63) is 95.3 Å². The zero-order valence-corrected chi connectivity index (χ0v) is 28.2. The molecule has 2 aromatic heterocycles. The number of amides is 2. The number of aliphatic imine (C=N–C) groups is 1. The number of urea groups is 1. The van der Waals surface area contributed by atoms with Crippen molar-refractivity contribution in [2.24, 2.45) is 16.1 Å². The number of hydrogen-bond acceptors (Lipinski definition) is 8. The average Bonchev–Trinajstić information content (AvgIpc) is 3.48. The molecule has 0 spiro atoms. The summed E-state index contributed by atoms with van der Waals surface area (Å²) in [6, 6.07) is 19.0. The third-order valence-corrected chi connectivity index (χ3v) is 9.18. The lowest BCUT2D eigenvalue weighted by atomic mass is 9.85. The van der Waals surface area contributed by atoms with Crippen LogP contribution in [-0.4, -0.2) is 44.2 Å². The van der Waals surface area contributed by atoms with Crippen molar-refractivity contribution in [1.29, 1.82) is 0 Å². The number of nitrogens with zero attached hydrogens (tertiary/aromatic N) is 5. The smallest absolute Gasteiger partial charge is 0.320 e. The predicted molar refractivity (Wildman–Crippen MR) is 188 cm³/mol. The Morgan fingerprint density at radius 3 is 2.65 bits per heavy atom. The second kappa shape index (κ2) is 14.1. The van der Waals surface area contributed by atoms with Gasteiger partial charge in [0.2, 0.25) is 5.95 Å². The minimum Gasteiger partial charge on any atom is -0.484 e. The minimum atomic E-state index is -0.387. The number of hydrogen-bond donors (Lipinski definition) is 4. The number of benzene rings is 2. The minimum absolute atomic E-state index is 0.104. The van der Waals surface area contributed by atoms with E-state index in [9.17, 15) is 9.90 Å². The van der Waals surface area contributed by atoms with Crippen molar-refractivity contribution in [2.45, 2.75) is 84.6 Å². The molecule has 4 aromatic rings. The van der Waals surface area contributed by atoms with E-state index in [1.807, 2.05) is 79.9 Å². The number of aromatic nitrogens is 3. The molecule has 0 radical (unpaired) electrons. The van der Waals surface area contributed by atoms with E-state index in [2.05, 4.69) is 43.7 Å². The second-order valence-electron chi connectivity index (χ2n) is 13.8. The van der Waals surface area contributed by atoms with Crippen molar-refractivity contribution in [1.82, 2.24) is 25.2 Å². The summed E-state index contributed by atoms with van der Waals surface area (Å²) in [6.07, 6.45) is 8.42. The monoisotopic (exact) mass is 650 g/mol. The van der Waals surface area contributed by atoms with Crippen LogP contribution in [0.3, 0.4) is 0 Å². The standard InChI is InChI=1S/C37H46N8O3/c1-24-10-7-8-19-44(24)36-43-42-34-18-15-27(22-45(34)36)48-31-17-16-30(28-13-5-6-14-29(28)31)40-35(47)41-33(21-32(38)37(2,3)4)39-26-12-9-11-25(20-26)23-46/h5-6,9,11-15,18,20-22,24,30-31,46H,7-8,10,16-17,19,23,38H2,1-4H3,(H2,39,40,41,47)/t24-,30-,31+/m0/s1. The molecule has 3 heterocycles. The SMILES string of the molecule is C[C@H]1CCCCN1c1nnc2ccc(O[C@@H]3CC[C@H](NC(=O)NC(C=C(N)C(C)(C)C)=Nc4cccc(CO)c4)c4ccccc43)cn12. The lowest BCUT2D eigenvalue weighted by Crippen LogP contribution is -2.42. The van der Waals surface area contributed by atoms with Crippen LogP contribution in [0.2, 0.25) is 0 Å². The van der Waals surface area contributed by atoms with Gasteiger partial charge in [0.1, 0.15) is 17.7 Å². The Balaban J connectivity index is 1.19. The van der Waals surface area contributed by atoms with Crippen LogP contribution in [0.4, 0.5) is 16.4 Å². The predicted octanol–water partition coefficient (Wildman–Crippen LogP) is 6.47. The first-order valence-electron chi connectivity index (χ1n) is 16.8. The molecule has 2 aliphatic rings. The van der Waals surface area contributed by atoms with Crippen molar-refractivity contribution >= 4 is 29.1 Å². The first-order chi connectivity index (χ1) is 23.1. The number of carbonyl (C=O) groups excluding carboxylic acids is 1. The molecule has 0 unspecified atom stereocenters. The van der Waals surface area contributed by atoms with Gasteiger partial charge in [-0.1, -0.05) is 57.2 Å². The molecule has 1 aliphatic heterocycles. The van der Waals surface area contributed by atoms with E-state index in [4.69, 9.17) is 10.5 Å². The van der Waals surface area contributed by atoms with Crippen LogP contribution in [0.5, 0.6) is 5.75 Å². The number of allylic oxidation sites excluding steroid dienone is 1. The highest BCUT2D eigenvalue weighted by atomic mass is 16.5. The Morgan fingerprint density at radius 1 is 1.06 bits per heavy atom. The van der Waals surface area contributed by atoms with Gasteiger partial charge in [0.25, 0.3) is 0 Å². The highest BCUT2D eigenvalue weighted by molar-refractivity contribution is 6.05. The normalized spacial score (nSPS) is 20.4. The van der Waals surface area contributed by atoms with Gasteiger partial charge in [-0.3, -0.25) is 9.72 Å². The summed E-state index contributed by atoms with van der Waals surface area (Å²) < 4.78 is 8.65. The number of pyridine rings is 1. The number of fused-ring (bicyclic) bond motifs is 2. The fourth-order valence-electron chi connectivity index (χ4n) is 6.34. The van der Waals surface area contributed by atoms with E-state index in [1.165, 1.54) is 6.42 Å². The summed E-state index contributed by atoms with van der Waals surface area (Å²) >= 11 is 0. The number of aliphatic hydroxyl groups is 1. The molecule has 3 atom stereocenters. The van der Waals surface area contributed by atoms with Gasteiger partial charge in [0, 0.05) is 29.8 Å². The van der Waals surface area contributed by atoms with Gasteiger partial charge >= 0.3 is 6.03 Å². The molecule has 11 nitrogen and oxygen atoms in total. The van der Waals surface area contributed by atoms with Crippen LogP contribution in [0, 0.1) is 5.41 Å². The maximum absolute atomic E-state index is 13.5. The number of piperidine rings is 1. The molecular weight excluding hydrogens is 604 g/mol. The van der Waals surface area contributed by atoms with Crippen LogP contribution in [-0.2, 0) is 6.61 Å². The number of anilines is 1. The summed E-state index contributed by atoms with van der Waals surface area (Å²) in [6.45, 7) is 9.10. The Kier molecular flexibility index (Phi) is 9.68. The first kappa shape index (κ1) is 33.0. The van der Waals surface area contributed by atoms with Gasteiger partial charge in [-0.25, -0.2) is 9.79 Å². The van der Waals surface area contributed by atoms with E-state index in [1.54, 1.807) is 12.1 Å². The van der Waals surface area contributed by atoms with Gasteiger partial charge in [0.15, 0.2) is 5.65 Å². The molecule has 252 valence electrons. The molecule has 11 heteroatoms. The number of carbonyl (C=O) groups is 1. The molecule has 6 rings (SSSR count). The number of amidine groups is 1. The van der Waals surface area contributed by atoms with Crippen LogP contribution in [0.1, 0.15) is 88.6 Å². The van der Waals surface area contributed by atoms with E-state index in [-0.39, 0.29) is 30.2 Å². The van der Waals surface area contributed by atoms with Gasteiger partial charge in [-0.15, -0.1) is 10.2 Å². The van der Waals surface area contributed by atoms with Gasteiger partial charge in [0.05, 0.1) is 24.5 Å². The van der Waals surface area contributed by atoms with Gasteiger partial charge < -0.3 is 25.8 Å². The Labute approximate surface area is 281 Å². The lowest BCUT2D eigenvalue weighted by Gasteiger charge is -2.33. The summed E-state index contributed by atoms with van der Waals surface area (Å²) in [4.78, 5) is 20.5. The van der Waals surface area contributed by atoms with Crippen molar-refractivity contribution in [3.8, 4) is 5.75 Å². The maximum Gasteiger partial charge on any atom is 0.320 e. The number of rotatable bonds is 7. The fourth-order valence-corrected chi connectivity index (χ4v) is 6.34. The summed E-state index contributed by atoms with van der Waals surface area (Å²) in [5.74, 6) is 1.90. The van der Waals surface area contributed by atoms with Crippen LogP contribution in [0.25, 0.3) is 5.65 Å². The zero-order valence-electron chi connectivity index (χ0n) is 28.2. The summed E-state index contributed by atoms with van der Waals surface area (Å²) in [5, 5.41) is 24.6. The van der Waals surface area contributed by atoms with E-state index >= 15 is 0 Å². The van der Waals surface area contributed by atoms with E-state index in [0.717, 1.165) is 53.4 Å². The third kappa shape index (κ3) is 7.46. The molecular formula is C37H46N8O3. The summed E-state index contributed by atoms with van der Waals surface area (Å²) in [7, 11) is 0. The quantitative estimate of drug-likeness (QED) is 0.133. The van der Waals surface area contributed by atoms with Gasteiger partial charge in [-0.2, -0.15) is 0 Å². The van der Waals surface area contributed by atoms with Crippen LogP contribution in [0.15, 0.2) is 83.6 Å². The van der Waals surface area contributed by atoms with E-state index < -0.39 is 0 Å². The summed E-state index contributed by atoms with van der Waals surface area (Å²) in [5.41, 5.74) is 10.8. The lowest BCUT2D eigenvalue weighted by molar-refractivity contribution is 0.171. The van der Waals surface area contributed by atoms with Crippen molar-refractivity contribution in [3.63, 3.8) is 0 Å². The van der Waals surface area contributed by atoms with Crippen molar-refractivity contribution < 1.29 is 14.6 Å². The van der Waals surface area contributed by atoms with Crippen LogP contribution < -0.4 is 26.0 Å². The Bertz CT molecular complexity index is 1820. The molecule has 2 aromatic carbocycles. The van der Waals surface area contributed by atoms with Crippen molar-refractivity contribution in [2.75, 3.05) is 11.4 Å². The molecule has 0 bridgehead atoms. The number of nitrogens with one attached hydrogen (secondary N) is 2. The van der Waals surface area contributed by atoms with Crippen LogP contribution >= 0.6 is 0 Å². The topological polar surface area (TPSA) is 142 Å². The molecule has 48 heavy (non-hydrogen) atoms. The Morgan fingerprint density at radius 2 is 1.88 bits per heavy atom. The molecule has 1 saturated heterocycles. The highest BCUT2D eigenvalue weighted by Crippen LogP contribution is 2.39. The second-order valence-corrected chi connectivity index (χ2v) is 13.8. The molecule has 0 saturated carbocycles. The Hall–Kier alpha value is -4.90. The molecule has 1 aliphatic carbocycles. The highest BCUT2D eigenvalue weighted by Gasteiger charge is 2.30. The number of aliphatic hydroxyl groups excluding tert-OH is 1. The fraction of sp³-hybridized carbons (Fsp3) is 0.405. The number of ether oxygens (including phenoxy) is 1. The average molecular weight is 651 g/mol. The maximum atomic E-state index is 13.5. The van der Waals surface area contributed by atoms with Gasteiger partial charge in [-0.05, 0) is 80.0 Å².